The molecule has 0 bridgehead atoms. The molecular formula is C14H11BrF2N2O. The molecule has 0 aliphatic carbocycles. The number of Topliss-reactive ketones (excluding diaryl/α,β-unsaturated/α-hetero) is 1. The zero-order valence-electron chi connectivity index (χ0n) is 10.5. The van der Waals surface area contributed by atoms with Gasteiger partial charge in [-0.2, -0.15) is 0 Å². The van der Waals surface area contributed by atoms with Gasteiger partial charge in [0, 0.05) is 23.0 Å². The van der Waals surface area contributed by atoms with Gasteiger partial charge in [0.15, 0.2) is 5.78 Å². The van der Waals surface area contributed by atoms with Crippen molar-refractivity contribution in [2.24, 2.45) is 0 Å². The van der Waals surface area contributed by atoms with Gasteiger partial charge in [-0.3, -0.25) is 4.79 Å². The number of hydrogen-bond acceptors (Lipinski definition) is 3. The van der Waals surface area contributed by atoms with Crippen LogP contribution in [0.15, 0.2) is 34.8 Å². The number of carbonyl (C=O) groups excluding carboxylic acids is 1. The van der Waals surface area contributed by atoms with Crippen molar-refractivity contribution in [1.82, 2.24) is 0 Å². The van der Waals surface area contributed by atoms with Crippen molar-refractivity contribution in [2.45, 2.75) is 6.92 Å². The van der Waals surface area contributed by atoms with Crippen LogP contribution in [0.2, 0.25) is 0 Å². The van der Waals surface area contributed by atoms with Gasteiger partial charge >= 0.3 is 0 Å². The fourth-order valence-corrected chi connectivity index (χ4v) is 2.08. The van der Waals surface area contributed by atoms with Crippen LogP contribution in [-0.2, 0) is 0 Å². The summed E-state index contributed by atoms with van der Waals surface area (Å²) in [6.45, 7) is 1.41. The molecule has 0 aliphatic heterocycles. The van der Waals surface area contributed by atoms with E-state index in [1.54, 1.807) is 12.1 Å². The second-order valence-electron chi connectivity index (χ2n) is 4.23. The summed E-state index contributed by atoms with van der Waals surface area (Å²) in [5.41, 5.74) is 7.05. The van der Waals surface area contributed by atoms with Crippen molar-refractivity contribution in [2.75, 3.05) is 11.1 Å². The van der Waals surface area contributed by atoms with Gasteiger partial charge in [0.25, 0.3) is 0 Å². The van der Waals surface area contributed by atoms with Crippen LogP contribution in [0.3, 0.4) is 0 Å². The molecule has 0 heterocycles. The van der Waals surface area contributed by atoms with E-state index in [9.17, 15) is 13.6 Å². The van der Waals surface area contributed by atoms with Crippen LogP contribution in [0, 0.1) is 11.6 Å². The molecule has 3 N–H and O–H groups in total. The zero-order valence-corrected chi connectivity index (χ0v) is 12.1. The van der Waals surface area contributed by atoms with E-state index in [1.165, 1.54) is 19.1 Å². The molecule has 0 fully saturated rings. The number of hydrogen-bond donors (Lipinski definition) is 2. The van der Waals surface area contributed by atoms with E-state index in [2.05, 4.69) is 21.2 Å². The molecule has 2 aromatic carbocycles. The van der Waals surface area contributed by atoms with E-state index in [0.717, 1.165) is 6.07 Å². The number of rotatable bonds is 3. The van der Waals surface area contributed by atoms with Crippen molar-refractivity contribution in [1.29, 1.82) is 0 Å². The Morgan fingerprint density at radius 2 is 1.90 bits per heavy atom. The van der Waals surface area contributed by atoms with Crippen LogP contribution in [0.5, 0.6) is 0 Å². The smallest absolute Gasteiger partial charge is 0.161 e. The minimum absolute atomic E-state index is 0.105. The average Bonchev–Trinajstić information content (AvgIpc) is 2.35. The number of ketones is 1. The van der Waals surface area contributed by atoms with Gasteiger partial charge in [0.2, 0.25) is 0 Å². The highest BCUT2D eigenvalue weighted by Crippen LogP contribution is 2.28. The van der Waals surface area contributed by atoms with Gasteiger partial charge in [-0.15, -0.1) is 0 Å². The number of anilines is 3. The summed E-state index contributed by atoms with van der Waals surface area (Å²) in [6, 6.07) is 6.74. The molecule has 104 valence electrons. The largest absolute Gasteiger partial charge is 0.398 e. The lowest BCUT2D eigenvalue weighted by Crippen LogP contribution is -2.01. The Labute approximate surface area is 122 Å². The zero-order chi connectivity index (χ0) is 14.9. The third-order valence-corrected chi connectivity index (χ3v) is 3.33. The Hall–Kier alpha value is -1.95. The molecule has 2 rings (SSSR count). The lowest BCUT2D eigenvalue weighted by molar-refractivity contribution is 0.101. The predicted octanol–water partition coefficient (Wildman–Crippen LogP) is 4.26. The monoisotopic (exact) mass is 340 g/mol. The number of benzene rings is 2. The maximum Gasteiger partial charge on any atom is 0.161 e. The van der Waals surface area contributed by atoms with Crippen molar-refractivity contribution in [3.63, 3.8) is 0 Å². The van der Waals surface area contributed by atoms with Crippen LogP contribution in [0.4, 0.5) is 25.8 Å². The summed E-state index contributed by atoms with van der Waals surface area (Å²) < 4.78 is 26.9. The summed E-state index contributed by atoms with van der Waals surface area (Å²) >= 11 is 2.99. The van der Waals surface area contributed by atoms with E-state index < -0.39 is 11.6 Å². The number of nitrogen functional groups attached to an aromatic ring is 1. The lowest BCUT2D eigenvalue weighted by atomic mass is 10.1. The normalized spacial score (nSPS) is 10.4. The quantitative estimate of drug-likeness (QED) is 0.498. The molecule has 0 unspecified atom stereocenters. The number of nitrogens with two attached hydrogens (primary N) is 1. The number of halogens is 3. The third-order valence-electron chi connectivity index (χ3n) is 2.72. The maximum atomic E-state index is 13.6. The van der Waals surface area contributed by atoms with Gasteiger partial charge in [-0.05, 0) is 47.1 Å². The third kappa shape index (κ3) is 2.96. The molecule has 0 aliphatic rings. The minimum Gasteiger partial charge on any atom is -0.398 e. The van der Waals surface area contributed by atoms with Gasteiger partial charge in [0.05, 0.1) is 10.2 Å². The molecule has 0 atom stereocenters. The first-order valence-electron chi connectivity index (χ1n) is 5.70. The van der Waals surface area contributed by atoms with E-state index in [0.29, 0.717) is 16.9 Å². The first-order chi connectivity index (χ1) is 9.38. The summed E-state index contributed by atoms with van der Waals surface area (Å²) in [5.74, 6) is -1.55. The van der Waals surface area contributed by atoms with Crippen molar-refractivity contribution in [3.05, 3.63) is 52.0 Å². The Bertz CT molecular complexity index is 689. The number of nitrogens with one attached hydrogen (secondary N) is 1. The first-order valence-corrected chi connectivity index (χ1v) is 6.50. The van der Waals surface area contributed by atoms with Crippen molar-refractivity contribution in [3.8, 4) is 0 Å². The predicted molar refractivity (Wildman–Crippen MR) is 78.2 cm³/mol. The number of carbonyl (C=O) groups is 1. The van der Waals surface area contributed by atoms with Crippen molar-refractivity contribution >= 4 is 38.8 Å². The Balaban J connectivity index is 2.33. The van der Waals surface area contributed by atoms with Gasteiger partial charge < -0.3 is 11.1 Å². The second kappa shape index (κ2) is 5.58. The molecule has 0 radical (unpaired) electrons. The van der Waals surface area contributed by atoms with Gasteiger partial charge in [0.1, 0.15) is 11.6 Å². The molecule has 3 nitrogen and oxygen atoms in total. The molecule has 0 saturated carbocycles. The Morgan fingerprint density at radius 1 is 1.20 bits per heavy atom. The summed E-state index contributed by atoms with van der Waals surface area (Å²) in [7, 11) is 0. The van der Waals surface area contributed by atoms with Crippen LogP contribution in [0.25, 0.3) is 0 Å². The topological polar surface area (TPSA) is 55.1 Å². The van der Waals surface area contributed by atoms with Gasteiger partial charge in [-0.25, -0.2) is 8.78 Å². The average molecular weight is 341 g/mol. The van der Waals surface area contributed by atoms with Crippen LogP contribution < -0.4 is 11.1 Å². The molecule has 2 aromatic rings. The summed E-state index contributed by atoms with van der Waals surface area (Å²) in [6.07, 6.45) is 0. The molecule has 0 aromatic heterocycles. The lowest BCUT2D eigenvalue weighted by Gasteiger charge is -2.10. The molecule has 0 spiro atoms. The van der Waals surface area contributed by atoms with E-state index in [-0.39, 0.29) is 15.9 Å². The van der Waals surface area contributed by atoms with Crippen molar-refractivity contribution < 1.29 is 13.6 Å². The van der Waals surface area contributed by atoms with Crippen LogP contribution >= 0.6 is 15.9 Å². The molecular weight excluding hydrogens is 330 g/mol. The fourth-order valence-electron chi connectivity index (χ4n) is 1.73. The highest BCUT2D eigenvalue weighted by atomic mass is 79.9. The molecule has 0 amide bonds. The van der Waals surface area contributed by atoms with Gasteiger partial charge in [-0.1, -0.05) is 0 Å². The Kier molecular flexibility index (Phi) is 4.04. The Morgan fingerprint density at radius 3 is 2.50 bits per heavy atom. The van der Waals surface area contributed by atoms with Crippen LogP contribution in [-0.4, -0.2) is 5.78 Å². The summed E-state index contributed by atoms with van der Waals surface area (Å²) in [5, 5.41) is 2.78. The fraction of sp³-hybridized carbons (Fsp3) is 0.0714. The van der Waals surface area contributed by atoms with E-state index in [1.807, 2.05) is 0 Å². The molecule has 6 heteroatoms. The first kappa shape index (κ1) is 14.5. The SMILES string of the molecule is CC(=O)c1ccc(Nc2cc(Br)c(F)cc2F)cc1N. The second-order valence-corrected chi connectivity index (χ2v) is 5.08. The molecule has 20 heavy (non-hydrogen) atoms. The molecule has 0 saturated heterocycles. The highest BCUT2D eigenvalue weighted by molar-refractivity contribution is 9.10. The van der Waals surface area contributed by atoms with E-state index in [4.69, 9.17) is 5.73 Å². The standard InChI is InChI=1S/C14H11BrF2N2O/c1-7(20)9-3-2-8(4-13(9)18)19-14-5-10(15)11(16)6-12(14)17/h2-6,19H,18H2,1H3. The van der Waals surface area contributed by atoms with Crippen LogP contribution in [0.1, 0.15) is 17.3 Å². The minimum atomic E-state index is -0.722. The van der Waals surface area contributed by atoms with E-state index >= 15 is 0 Å². The highest BCUT2D eigenvalue weighted by Gasteiger charge is 2.10. The maximum absolute atomic E-state index is 13.6. The summed E-state index contributed by atoms with van der Waals surface area (Å²) in [4.78, 5) is 11.3.